The molecule has 0 heterocycles. The Hall–Kier alpha value is -1.65. The number of rotatable bonds is 6. The van der Waals surface area contributed by atoms with Gasteiger partial charge in [0.15, 0.2) is 0 Å². The first kappa shape index (κ1) is 14.8. The third-order valence-corrected chi connectivity index (χ3v) is 3.76. The third-order valence-electron chi connectivity index (χ3n) is 2.54. The topological polar surface area (TPSA) is 46.5 Å². The third kappa shape index (κ3) is 4.47. The van der Waals surface area contributed by atoms with Crippen molar-refractivity contribution in [2.24, 2.45) is 0 Å². The first-order chi connectivity index (χ1) is 9.65. The highest BCUT2D eigenvalue weighted by Gasteiger charge is 2.02. The van der Waals surface area contributed by atoms with E-state index in [0.29, 0.717) is 12.4 Å². The summed E-state index contributed by atoms with van der Waals surface area (Å²) in [6, 6.07) is 14.0. The Labute approximate surface area is 126 Å². The van der Waals surface area contributed by atoms with Crippen LogP contribution in [-0.2, 0) is 0 Å². The normalized spacial score (nSPS) is 10.2. The molecular formula is C15H13ClO3S. The second kappa shape index (κ2) is 7.22. The molecule has 20 heavy (non-hydrogen) atoms. The second-order valence-electron chi connectivity index (χ2n) is 3.98. The summed E-state index contributed by atoms with van der Waals surface area (Å²) in [6.45, 7) is 0.555. The van der Waals surface area contributed by atoms with Gasteiger partial charge in [-0.3, -0.25) is 0 Å². The van der Waals surface area contributed by atoms with E-state index >= 15 is 0 Å². The fourth-order valence-corrected chi connectivity index (χ4v) is 2.40. The predicted octanol–water partition coefficient (Wildman–Crippen LogP) is 4.21. The van der Waals surface area contributed by atoms with Gasteiger partial charge >= 0.3 is 5.97 Å². The van der Waals surface area contributed by atoms with E-state index in [1.165, 1.54) is 12.1 Å². The Morgan fingerprint density at radius 1 is 1.10 bits per heavy atom. The number of aromatic carboxylic acids is 1. The SMILES string of the molecule is O=C(O)c1ccc(OCCSc2ccc(Cl)cc2)cc1. The van der Waals surface area contributed by atoms with Gasteiger partial charge in [-0.15, -0.1) is 11.8 Å². The smallest absolute Gasteiger partial charge is 0.335 e. The molecule has 0 unspecified atom stereocenters. The Morgan fingerprint density at radius 3 is 2.35 bits per heavy atom. The van der Waals surface area contributed by atoms with Crippen molar-refractivity contribution in [3.8, 4) is 5.75 Å². The van der Waals surface area contributed by atoms with Crippen molar-refractivity contribution in [3.63, 3.8) is 0 Å². The van der Waals surface area contributed by atoms with Crippen LogP contribution in [0.2, 0.25) is 5.02 Å². The number of hydrogen-bond donors (Lipinski definition) is 1. The van der Waals surface area contributed by atoms with E-state index in [2.05, 4.69) is 0 Å². The molecule has 0 amide bonds. The summed E-state index contributed by atoms with van der Waals surface area (Å²) < 4.78 is 5.55. The molecule has 0 aromatic heterocycles. The lowest BCUT2D eigenvalue weighted by molar-refractivity contribution is 0.0697. The Morgan fingerprint density at radius 2 is 1.75 bits per heavy atom. The highest BCUT2D eigenvalue weighted by atomic mass is 35.5. The zero-order valence-electron chi connectivity index (χ0n) is 10.6. The highest BCUT2D eigenvalue weighted by Crippen LogP contribution is 2.20. The molecule has 1 N–H and O–H groups in total. The molecule has 0 spiro atoms. The van der Waals surface area contributed by atoms with Crippen molar-refractivity contribution in [1.29, 1.82) is 0 Å². The lowest BCUT2D eigenvalue weighted by Crippen LogP contribution is -2.01. The molecule has 0 aliphatic carbocycles. The molecule has 0 radical (unpaired) electrons. The van der Waals surface area contributed by atoms with Crippen molar-refractivity contribution >= 4 is 29.3 Å². The lowest BCUT2D eigenvalue weighted by Gasteiger charge is -2.06. The highest BCUT2D eigenvalue weighted by molar-refractivity contribution is 7.99. The van der Waals surface area contributed by atoms with Crippen LogP contribution >= 0.6 is 23.4 Å². The van der Waals surface area contributed by atoms with Crippen LogP contribution in [0.15, 0.2) is 53.4 Å². The van der Waals surface area contributed by atoms with Crippen LogP contribution in [0.3, 0.4) is 0 Å². The van der Waals surface area contributed by atoms with Gasteiger partial charge < -0.3 is 9.84 Å². The Balaban J connectivity index is 1.75. The average molecular weight is 309 g/mol. The molecule has 0 aliphatic heterocycles. The molecule has 104 valence electrons. The summed E-state index contributed by atoms with van der Waals surface area (Å²) in [5, 5.41) is 9.51. The number of halogens is 1. The average Bonchev–Trinajstić information content (AvgIpc) is 2.46. The quantitative estimate of drug-likeness (QED) is 0.641. The summed E-state index contributed by atoms with van der Waals surface area (Å²) in [4.78, 5) is 11.8. The number of carbonyl (C=O) groups is 1. The van der Waals surface area contributed by atoms with E-state index in [1.54, 1.807) is 23.9 Å². The van der Waals surface area contributed by atoms with E-state index in [0.717, 1.165) is 15.7 Å². The van der Waals surface area contributed by atoms with Crippen LogP contribution in [-0.4, -0.2) is 23.4 Å². The maximum Gasteiger partial charge on any atom is 0.335 e. The monoisotopic (exact) mass is 308 g/mol. The van der Waals surface area contributed by atoms with Gasteiger partial charge in [-0.2, -0.15) is 0 Å². The summed E-state index contributed by atoms with van der Waals surface area (Å²) in [7, 11) is 0. The van der Waals surface area contributed by atoms with Gasteiger partial charge in [0.1, 0.15) is 5.75 Å². The van der Waals surface area contributed by atoms with Gasteiger partial charge in [0.2, 0.25) is 0 Å². The Bertz CT molecular complexity index is 567. The van der Waals surface area contributed by atoms with E-state index in [4.69, 9.17) is 21.4 Å². The molecule has 0 aliphatic rings. The molecular weight excluding hydrogens is 296 g/mol. The molecule has 0 fully saturated rings. The minimum absolute atomic E-state index is 0.257. The van der Waals surface area contributed by atoms with Crippen LogP contribution in [0, 0.1) is 0 Å². The summed E-state index contributed by atoms with van der Waals surface area (Å²) >= 11 is 7.49. The number of thioether (sulfide) groups is 1. The molecule has 5 heteroatoms. The zero-order valence-corrected chi connectivity index (χ0v) is 12.2. The number of carboxylic acid groups (broad SMARTS) is 1. The van der Waals surface area contributed by atoms with Crippen molar-refractivity contribution in [1.82, 2.24) is 0 Å². The summed E-state index contributed by atoms with van der Waals surface area (Å²) in [6.07, 6.45) is 0. The second-order valence-corrected chi connectivity index (χ2v) is 5.59. The van der Waals surface area contributed by atoms with Crippen molar-refractivity contribution < 1.29 is 14.6 Å². The maximum absolute atomic E-state index is 10.7. The van der Waals surface area contributed by atoms with E-state index < -0.39 is 5.97 Å². The summed E-state index contributed by atoms with van der Waals surface area (Å²) in [5.74, 6) is 0.545. The molecule has 0 bridgehead atoms. The minimum Gasteiger partial charge on any atom is -0.493 e. The first-order valence-electron chi connectivity index (χ1n) is 6.00. The van der Waals surface area contributed by atoms with Gasteiger partial charge in [-0.05, 0) is 48.5 Å². The molecule has 2 aromatic carbocycles. The number of carboxylic acids is 1. The van der Waals surface area contributed by atoms with Crippen molar-refractivity contribution in [3.05, 3.63) is 59.1 Å². The molecule has 0 saturated heterocycles. The van der Waals surface area contributed by atoms with Gasteiger partial charge in [0.05, 0.1) is 12.2 Å². The van der Waals surface area contributed by atoms with Gasteiger partial charge in [0.25, 0.3) is 0 Å². The summed E-state index contributed by atoms with van der Waals surface area (Å²) in [5.41, 5.74) is 0.257. The zero-order chi connectivity index (χ0) is 14.4. The van der Waals surface area contributed by atoms with E-state index in [-0.39, 0.29) is 5.56 Å². The van der Waals surface area contributed by atoms with Crippen molar-refractivity contribution in [2.45, 2.75) is 4.90 Å². The van der Waals surface area contributed by atoms with Crippen LogP contribution < -0.4 is 4.74 Å². The molecule has 2 aromatic rings. The van der Waals surface area contributed by atoms with Crippen LogP contribution in [0.1, 0.15) is 10.4 Å². The van der Waals surface area contributed by atoms with E-state index in [9.17, 15) is 4.79 Å². The van der Waals surface area contributed by atoms with Gasteiger partial charge in [-0.1, -0.05) is 11.6 Å². The molecule has 0 saturated carbocycles. The standard InChI is InChI=1S/C15H13ClO3S/c16-12-3-7-14(8-4-12)20-10-9-19-13-5-1-11(2-6-13)15(17)18/h1-8H,9-10H2,(H,17,18). The number of hydrogen-bond acceptors (Lipinski definition) is 3. The fourth-order valence-electron chi connectivity index (χ4n) is 1.54. The fraction of sp³-hybridized carbons (Fsp3) is 0.133. The van der Waals surface area contributed by atoms with Crippen molar-refractivity contribution in [2.75, 3.05) is 12.4 Å². The largest absolute Gasteiger partial charge is 0.493 e. The molecule has 3 nitrogen and oxygen atoms in total. The number of ether oxygens (including phenoxy) is 1. The van der Waals surface area contributed by atoms with Crippen LogP contribution in [0.5, 0.6) is 5.75 Å². The van der Waals surface area contributed by atoms with Gasteiger partial charge in [-0.25, -0.2) is 4.79 Å². The van der Waals surface area contributed by atoms with Crippen LogP contribution in [0.4, 0.5) is 0 Å². The van der Waals surface area contributed by atoms with E-state index in [1.807, 2.05) is 24.3 Å². The minimum atomic E-state index is -0.935. The van der Waals surface area contributed by atoms with Crippen LogP contribution in [0.25, 0.3) is 0 Å². The Kier molecular flexibility index (Phi) is 5.32. The molecule has 2 rings (SSSR count). The molecule has 0 atom stereocenters. The van der Waals surface area contributed by atoms with Gasteiger partial charge in [0, 0.05) is 15.7 Å². The first-order valence-corrected chi connectivity index (χ1v) is 7.36. The number of benzene rings is 2. The predicted molar refractivity (Wildman–Crippen MR) is 81.1 cm³/mol. The maximum atomic E-state index is 10.7. The lowest BCUT2D eigenvalue weighted by atomic mass is 10.2.